The predicted octanol–water partition coefficient (Wildman–Crippen LogP) is 4.69. The fraction of sp³-hybridized carbons (Fsp3) is 0.188. The Morgan fingerprint density at radius 3 is 2.13 bits per heavy atom. The molecular formula is C16H14Cl3NO3. The van der Waals surface area contributed by atoms with Crippen LogP contribution in [-0.2, 0) is 11.3 Å². The highest BCUT2D eigenvalue weighted by Gasteiger charge is 2.36. The van der Waals surface area contributed by atoms with Crippen LogP contribution in [0, 0.1) is 0 Å². The van der Waals surface area contributed by atoms with Gasteiger partial charge in [-0.1, -0.05) is 83.3 Å². The van der Waals surface area contributed by atoms with Gasteiger partial charge in [0.25, 0.3) is 0 Å². The van der Waals surface area contributed by atoms with Gasteiger partial charge in [0.2, 0.25) is 10.0 Å². The lowest BCUT2D eigenvalue weighted by molar-refractivity contribution is 0.106. The minimum absolute atomic E-state index is 0.102. The van der Waals surface area contributed by atoms with Crippen molar-refractivity contribution in [1.29, 1.82) is 0 Å². The monoisotopic (exact) mass is 373 g/mol. The Hall–Kier alpha value is -1.62. The smallest absolute Gasteiger partial charge is 0.410 e. The lowest BCUT2D eigenvalue weighted by Gasteiger charge is -2.25. The molecule has 2 rings (SSSR count). The molecule has 0 fully saturated rings. The Labute approximate surface area is 149 Å². The molecule has 0 radical (unpaired) electrons. The minimum atomic E-state index is -1.86. The first-order chi connectivity index (χ1) is 10.9. The van der Waals surface area contributed by atoms with Crippen molar-refractivity contribution in [3.8, 4) is 5.75 Å². The number of alkyl carbamates (subject to hydrolysis) is 1. The summed E-state index contributed by atoms with van der Waals surface area (Å²) in [6.45, 7) is 0.102. The number of amides is 1. The number of halogens is 3. The fourth-order valence-corrected chi connectivity index (χ4v) is 1.98. The molecule has 4 nitrogen and oxygen atoms in total. The van der Waals surface area contributed by atoms with Crippen molar-refractivity contribution < 1.29 is 14.3 Å². The van der Waals surface area contributed by atoms with Gasteiger partial charge in [-0.05, 0) is 17.7 Å². The Balaban J connectivity index is 1.93. The quantitative estimate of drug-likeness (QED) is 0.610. The topological polar surface area (TPSA) is 47.6 Å². The first-order valence-electron chi connectivity index (χ1n) is 6.71. The largest absolute Gasteiger partial charge is 0.466 e. The number of para-hydroxylation sites is 1. The molecule has 0 heterocycles. The van der Waals surface area contributed by atoms with Crippen LogP contribution in [0.15, 0.2) is 60.7 Å². The van der Waals surface area contributed by atoms with Gasteiger partial charge in [-0.3, -0.25) is 5.32 Å². The van der Waals surface area contributed by atoms with Crippen LogP contribution in [0.4, 0.5) is 4.79 Å². The first kappa shape index (κ1) is 17.7. The highest BCUT2D eigenvalue weighted by atomic mass is 35.6. The summed E-state index contributed by atoms with van der Waals surface area (Å²) in [5, 5.41) is 2.40. The van der Waals surface area contributed by atoms with Gasteiger partial charge in [-0.15, -0.1) is 0 Å². The molecule has 1 unspecified atom stereocenters. The number of benzene rings is 2. The van der Waals surface area contributed by atoms with E-state index >= 15 is 0 Å². The Morgan fingerprint density at radius 1 is 1.00 bits per heavy atom. The lowest BCUT2D eigenvalue weighted by Crippen LogP contribution is -2.48. The van der Waals surface area contributed by atoms with Crippen LogP contribution in [0.5, 0.6) is 5.75 Å². The van der Waals surface area contributed by atoms with Gasteiger partial charge >= 0.3 is 6.09 Å². The van der Waals surface area contributed by atoms with Crippen molar-refractivity contribution >= 4 is 40.9 Å². The minimum Gasteiger partial charge on any atom is -0.466 e. The van der Waals surface area contributed by atoms with E-state index in [1.165, 1.54) is 0 Å². The molecule has 0 aliphatic heterocycles. The van der Waals surface area contributed by atoms with Crippen LogP contribution in [0.25, 0.3) is 0 Å². The number of rotatable bonds is 5. The van der Waals surface area contributed by atoms with E-state index in [0.717, 1.165) is 5.56 Å². The van der Waals surface area contributed by atoms with E-state index in [0.29, 0.717) is 5.75 Å². The van der Waals surface area contributed by atoms with Gasteiger partial charge in [0.15, 0.2) is 0 Å². The first-order valence-corrected chi connectivity index (χ1v) is 7.84. The van der Waals surface area contributed by atoms with Crippen molar-refractivity contribution in [2.45, 2.75) is 16.6 Å². The molecule has 1 atom stereocenters. The molecule has 0 aliphatic rings. The molecule has 0 saturated heterocycles. The van der Waals surface area contributed by atoms with Gasteiger partial charge in [0.05, 0.1) is 0 Å². The molecule has 2 aromatic rings. The molecule has 23 heavy (non-hydrogen) atoms. The average molecular weight is 375 g/mol. The maximum absolute atomic E-state index is 11.9. The van der Waals surface area contributed by atoms with Crippen molar-refractivity contribution in [1.82, 2.24) is 5.32 Å². The second kappa shape index (κ2) is 8.29. The summed E-state index contributed by atoms with van der Waals surface area (Å²) in [5.41, 5.74) is 0.845. The molecule has 0 aliphatic carbocycles. The van der Waals surface area contributed by atoms with Gasteiger partial charge in [-0.25, -0.2) is 4.79 Å². The summed E-state index contributed by atoms with van der Waals surface area (Å²) in [6, 6.07) is 17.9. The molecule has 1 N–H and O–H groups in total. The SMILES string of the molecule is O=C(NC(Oc1ccccc1)C(Cl)(Cl)Cl)OCc1ccccc1. The van der Waals surface area contributed by atoms with Crippen LogP contribution in [0.2, 0.25) is 0 Å². The number of ether oxygens (including phenoxy) is 2. The third kappa shape index (κ3) is 6.18. The van der Waals surface area contributed by atoms with Crippen LogP contribution in [0.1, 0.15) is 5.56 Å². The van der Waals surface area contributed by atoms with Crippen LogP contribution in [-0.4, -0.2) is 16.1 Å². The molecule has 0 aromatic heterocycles. The number of carbonyl (C=O) groups is 1. The van der Waals surface area contributed by atoms with Crippen molar-refractivity contribution in [3.05, 3.63) is 66.2 Å². The number of alkyl halides is 3. The maximum atomic E-state index is 11.9. The molecule has 1 amide bonds. The fourth-order valence-electron chi connectivity index (χ4n) is 1.69. The third-order valence-electron chi connectivity index (χ3n) is 2.76. The normalized spacial score (nSPS) is 12.3. The molecule has 122 valence electrons. The summed E-state index contributed by atoms with van der Waals surface area (Å²) in [6.07, 6.45) is -1.95. The molecule has 2 aromatic carbocycles. The highest BCUT2D eigenvalue weighted by Crippen LogP contribution is 2.31. The lowest BCUT2D eigenvalue weighted by atomic mass is 10.2. The molecular weight excluding hydrogens is 361 g/mol. The summed E-state index contributed by atoms with van der Waals surface area (Å²) >= 11 is 17.5. The zero-order valence-corrected chi connectivity index (χ0v) is 14.2. The second-order valence-corrected chi connectivity index (χ2v) is 6.93. The van der Waals surface area contributed by atoms with E-state index in [1.54, 1.807) is 24.3 Å². The van der Waals surface area contributed by atoms with Crippen LogP contribution >= 0.6 is 34.8 Å². The van der Waals surface area contributed by atoms with Gasteiger partial charge in [0, 0.05) is 0 Å². The Morgan fingerprint density at radius 2 is 1.57 bits per heavy atom. The number of nitrogens with one attached hydrogen (secondary N) is 1. The maximum Gasteiger partial charge on any atom is 0.410 e. The van der Waals surface area contributed by atoms with Crippen molar-refractivity contribution in [2.75, 3.05) is 0 Å². The average Bonchev–Trinajstić information content (AvgIpc) is 2.53. The standard InChI is InChI=1S/C16H14Cl3NO3/c17-16(18,19)14(23-13-9-5-2-6-10-13)20-15(21)22-11-12-7-3-1-4-8-12/h1-10,14H,11H2,(H,20,21). The van der Waals surface area contributed by atoms with Crippen LogP contribution in [0.3, 0.4) is 0 Å². The number of carbonyl (C=O) groups excluding carboxylic acids is 1. The van der Waals surface area contributed by atoms with E-state index in [1.807, 2.05) is 36.4 Å². The van der Waals surface area contributed by atoms with Crippen molar-refractivity contribution in [3.63, 3.8) is 0 Å². The summed E-state index contributed by atoms with van der Waals surface area (Å²) in [7, 11) is 0. The zero-order valence-electron chi connectivity index (χ0n) is 11.9. The molecule has 0 saturated carbocycles. The van der Waals surface area contributed by atoms with Crippen molar-refractivity contribution in [2.24, 2.45) is 0 Å². The highest BCUT2D eigenvalue weighted by molar-refractivity contribution is 6.68. The van der Waals surface area contributed by atoms with Gasteiger partial charge in [0.1, 0.15) is 12.4 Å². The van der Waals surface area contributed by atoms with E-state index in [2.05, 4.69) is 5.32 Å². The van der Waals surface area contributed by atoms with E-state index in [-0.39, 0.29) is 6.61 Å². The molecule has 7 heteroatoms. The molecule has 0 spiro atoms. The third-order valence-corrected chi connectivity index (χ3v) is 3.35. The van der Waals surface area contributed by atoms with E-state index in [9.17, 15) is 4.79 Å². The number of hydrogen-bond acceptors (Lipinski definition) is 3. The number of hydrogen-bond donors (Lipinski definition) is 1. The summed E-state index contributed by atoms with van der Waals surface area (Å²) in [4.78, 5) is 11.9. The summed E-state index contributed by atoms with van der Waals surface area (Å²) in [5.74, 6) is 0.451. The van der Waals surface area contributed by atoms with Crippen LogP contribution < -0.4 is 10.1 Å². The van der Waals surface area contributed by atoms with Gasteiger partial charge in [-0.2, -0.15) is 0 Å². The Bertz CT molecular complexity index is 617. The Kier molecular flexibility index (Phi) is 6.39. The molecule has 0 bridgehead atoms. The van der Waals surface area contributed by atoms with Gasteiger partial charge < -0.3 is 9.47 Å². The zero-order chi connectivity index (χ0) is 16.7. The summed E-state index contributed by atoms with van der Waals surface area (Å²) < 4.78 is 8.72. The predicted molar refractivity (Wildman–Crippen MR) is 90.9 cm³/mol. The van der Waals surface area contributed by atoms with E-state index < -0.39 is 16.1 Å². The second-order valence-electron chi connectivity index (χ2n) is 4.56. The van der Waals surface area contributed by atoms with E-state index in [4.69, 9.17) is 44.3 Å².